The van der Waals surface area contributed by atoms with Gasteiger partial charge in [0.25, 0.3) is 10.1 Å². The Labute approximate surface area is 115 Å². The van der Waals surface area contributed by atoms with Gasteiger partial charge in [-0.05, 0) is 18.2 Å². The molecule has 7 heteroatoms. The molecule has 0 amide bonds. The quantitative estimate of drug-likeness (QED) is 0.627. The minimum absolute atomic E-state index is 0. The maximum atomic E-state index is 10.7. The van der Waals surface area contributed by atoms with E-state index in [1.165, 1.54) is 12.1 Å². The van der Waals surface area contributed by atoms with E-state index in [-0.39, 0.29) is 34.5 Å². The molecule has 0 heterocycles. The van der Waals surface area contributed by atoms with Gasteiger partial charge in [-0.2, -0.15) is 8.42 Å². The Balaban J connectivity index is 0.00000144. The number of hydrogen-bond acceptors (Lipinski definition) is 2. The van der Waals surface area contributed by atoms with Crippen molar-refractivity contribution in [3.63, 3.8) is 0 Å². The molecule has 0 aliphatic heterocycles. The van der Waals surface area contributed by atoms with Crippen molar-refractivity contribution in [1.29, 1.82) is 0 Å². The number of hydrogen-bond donors (Lipinski definition) is 1. The fourth-order valence-electron chi connectivity index (χ4n) is 0.677. The van der Waals surface area contributed by atoms with Crippen LogP contribution in [-0.2, 0) is 10.1 Å². The summed E-state index contributed by atoms with van der Waals surface area (Å²) in [7, 11) is -4.11. The number of benzene rings is 1. The molecule has 0 aliphatic carbocycles. The molecular weight excluding hydrogens is 335 g/mol. The van der Waals surface area contributed by atoms with Gasteiger partial charge in [0.05, 0.1) is 4.90 Å². The van der Waals surface area contributed by atoms with E-state index in [1.807, 2.05) is 0 Å². The van der Waals surface area contributed by atoms with Gasteiger partial charge in [0.1, 0.15) is 0 Å². The maximum absolute atomic E-state index is 10.7. The van der Waals surface area contributed by atoms with Crippen molar-refractivity contribution in [3.8, 4) is 0 Å². The zero-order valence-corrected chi connectivity index (χ0v) is 9.65. The topological polar surface area (TPSA) is 54.4 Å². The van der Waals surface area contributed by atoms with Crippen LogP contribution in [0.2, 0.25) is 0 Å². The first-order chi connectivity index (χ1) is 5.39. The van der Waals surface area contributed by atoms with Gasteiger partial charge in [0.15, 0.2) is 0 Å². The Bertz CT molecular complexity index is 384. The molecule has 0 unspecified atom stereocenters. The van der Waals surface area contributed by atoms with Gasteiger partial charge in [-0.15, -0.1) is 0 Å². The summed E-state index contributed by atoms with van der Waals surface area (Å²) >= 11 is 6.20. The van der Waals surface area contributed by atoms with Crippen molar-refractivity contribution in [2.24, 2.45) is 0 Å². The summed E-state index contributed by atoms with van der Waals surface area (Å²) in [5.74, 6) is 0. The molecule has 0 saturated carbocycles. The second-order valence-electron chi connectivity index (χ2n) is 2.08. The summed E-state index contributed by atoms with van der Waals surface area (Å²) in [6, 6.07) is 4.31. The van der Waals surface area contributed by atoms with Crippen LogP contribution in [-0.4, -0.2) is 42.5 Å². The van der Waals surface area contributed by atoms with Crippen LogP contribution in [0.25, 0.3) is 0 Å². The van der Waals surface area contributed by atoms with Gasteiger partial charge in [0.2, 0.25) is 0 Å². The summed E-state index contributed by atoms with van der Waals surface area (Å²) in [5.41, 5.74) is 0. The normalized spacial score (nSPS) is 10.7. The average Bonchev–Trinajstić information content (AvgIpc) is 1.82. The molecule has 0 aromatic heterocycles. The molecule has 0 saturated heterocycles. The SMILES string of the molecule is O=S(=O)(O)c1cc(Br)cc(Br)c1.[NaH]. The fraction of sp³-hybridized carbons (Fsp3) is 0. The molecule has 0 aliphatic rings. The Morgan fingerprint density at radius 3 is 1.77 bits per heavy atom. The first-order valence-electron chi connectivity index (χ1n) is 2.83. The third-order valence-corrected chi connectivity index (χ3v) is 2.88. The Hall–Kier alpha value is 1.09. The van der Waals surface area contributed by atoms with E-state index >= 15 is 0 Å². The summed E-state index contributed by atoms with van der Waals surface area (Å²) in [4.78, 5) is -0.135. The minimum atomic E-state index is -4.11. The Kier molecular flexibility index (Phi) is 5.69. The van der Waals surface area contributed by atoms with Gasteiger partial charge in [-0.25, -0.2) is 0 Å². The Morgan fingerprint density at radius 1 is 1.08 bits per heavy atom. The van der Waals surface area contributed by atoms with Crippen LogP contribution in [0.3, 0.4) is 0 Å². The number of halogens is 2. The van der Waals surface area contributed by atoms with Crippen molar-refractivity contribution in [2.45, 2.75) is 4.90 Å². The average molecular weight is 340 g/mol. The van der Waals surface area contributed by atoms with Crippen molar-refractivity contribution in [2.75, 3.05) is 0 Å². The molecule has 1 aromatic rings. The summed E-state index contributed by atoms with van der Waals surface area (Å²) < 4.78 is 31.1. The molecule has 1 aromatic carbocycles. The van der Waals surface area contributed by atoms with E-state index in [0.717, 1.165) is 0 Å². The molecule has 1 rings (SSSR count). The molecule has 3 nitrogen and oxygen atoms in total. The summed E-state index contributed by atoms with van der Waals surface area (Å²) in [5, 5.41) is 0. The molecule has 0 atom stereocenters. The van der Waals surface area contributed by atoms with E-state index in [9.17, 15) is 8.42 Å². The van der Waals surface area contributed by atoms with Gasteiger partial charge >= 0.3 is 29.6 Å². The van der Waals surface area contributed by atoms with Gasteiger partial charge in [0, 0.05) is 8.95 Å². The second kappa shape index (κ2) is 5.25. The third-order valence-electron chi connectivity index (χ3n) is 1.13. The van der Waals surface area contributed by atoms with Crippen molar-refractivity contribution in [3.05, 3.63) is 27.1 Å². The second-order valence-corrected chi connectivity index (χ2v) is 5.33. The van der Waals surface area contributed by atoms with Gasteiger partial charge in [-0.3, -0.25) is 4.55 Å². The molecule has 1 N–H and O–H groups in total. The summed E-state index contributed by atoms with van der Waals surface area (Å²) in [6.07, 6.45) is 0. The van der Waals surface area contributed by atoms with Crippen LogP contribution in [0.5, 0.6) is 0 Å². The Morgan fingerprint density at radius 2 is 1.46 bits per heavy atom. The fourth-order valence-corrected chi connectivity index (χ4v) is 2.83. The molecule has 0 radical (unpaired) electrons. The standard InChI is InChI=1S/C6H4Br2O3S.Na.H/c7-4-1-5(8)3-6(2-4)12(9,10)11;;/h1-3H,(H,9,10,11);;. The van der Waals surface area contributed by atoms with E-state index in [1.54, 1.807) is 6.07 Å². The molecule has 68 valence electrons. The van der Waals surface area contributed by atoms with E-state index in [2.05, 4.69) is 31.9 Å². The van der Waals surface area contributed by atoms with Crippen molar-refractivity contribution in [1.82, 2.24) is 0 Å². The zero-order valence-electron chi connectivity index (χ0n) is 5.66. The van der Waals surface area contributed by atoms with E-state index < -0.39 is 10.1 Å². The molecule has 13 heavy (non-hydrogen) atoms. The van der Waals surface area contributed by atoms with Crippen LogP contribution in [0.4, 0.5) is 0 Å². The molecule has 0 fully saturated rings. The van der Waals surface area contributed by atoms with Gasteiger partial charge in [-0.1, -0.05) is 31.9 Å². The van der Waals surface area contributed by atoms with Crippen LogP contribution in [0.1, 0.15) is 0 Å². The molecular formula is C6H5Br2NaO3S. The van der Waals surface area contributed by atoms with Crippen molar-refractivity contribution < 1.29 is 13.0 Å². The van der Waals surface area contributed by atoms with Crippen LogP contribution >= 0.6 is 31.9 Å². The first kappa shape index (κ1) is 14.1. The predicted molar refractivity (Wildman–Crippen MR) is 58.8 cm³/mol. The van der Waals surface area contributed by atoms with E-state index in [4.69, 9.17) is 4.55 Å². The molecule has 0 bridgehead atoms. The summed E-state index contributed by atoms with van der Waals surface area (Å²) in [6.45, 7) is 0. The van der Waals surface area contributed by atoms with E-state index in [0.29, 0.717) is 8.95 Å². The van der Waals surface area contributed by atoms with Crippen molar-refractivity contribution >= 4 is 71.5 Å². The zero-order chi connectivity index (χ0) is 9.35. The van der Waals surface area contributed by atoms with Gasteiger partial charge < -0.3 is 0 Å². The third kappa shape index (κ3) is 4.42. The van der Waals surface area contributed by atoms with Crippen LogP contribution in [0.15, 0.2) is 32.0 Å². The molecule has 0 spiro atoms. The number of rotatable bonds is 1. The van der Waals surface area contributed by atoms with Crippen LogP contribution in [0, 0.1) is 0 Å². The van der Waals surface area contributed by atoms with Crippen LogP contribution < -0.4 is 0 Å². The monoisotopic (exact) mass is 338 g/mol. The predicted octanol–water partition coefficient (Wildman–Crippen LogP) is 1.81. The first-order valence-corrected chi connectivity index (χ1v) is 5.86.